The average Bonchev–Trinajstić information content (AvgIpc) is 2.97. The number of amides is 1. The zero-order valence-electron chi connectivity index (χ0n) is 12.6. The molecule has 0 unspecified atom stereocenters. The van der Waals surface area contributed by atoms with Crippen molar-refractivity contribution in [1.82, 2.24) is 9.80 Å². The van der Waals surface area contributed by atoms with Crippen LogP contribution in [0, 0.1) is 0 Å². The number of methoxy groups -OCH3 is 1. The first kappa shape index (κ1) is 17.4. The molecule has 6 heteroatoms. The van der Waals surface area contributed by atoms with Gasteiger partial charge in [0.25, 0.3) is 0 Å². The van der Waals surface area contributed by atoms with E-state index in [0.29, 0.717) is 19.6 Å². The third-order valence-corrected chi connectivity index (χ3v) is 3.82. The molecule has 0 aliphatic heterocycles. The fourth-order valence-electron chi connectivity index (χ4n) is 1.80. The van der Waals surface area contributed by atoms with E-state index in [2.05, 4.69) is 11.3 Å². The molecule has 0 bridgehead atoms. The minimum atomic E-state index is -0.268. The number of likely N-dealkylation sites (N-methyl/N-ethyl adjacent to an activating group) is 1. The molecule has 0 saturated heterocycles. The van der Waals surface area contributed by atoms with Gasteiger partial charge in [0.15, 0.2) is 0 Å². The molecule has 116 valence electrons. The summed E-state index contributed by atoms with van der Waals surface area (Å²) in [6.07, 6.45) is 2.01. The molecule has 0 fully saturated rings. The van der Waals surface area contributed by atoms with Crippen LogP contribution in [-0.4, -0.2) is 55.5 Å². The Morgan fingerprint density at radius 3 is 2.81 bits per heavy atom. The summed E-state index contributed by atoms with van der Waals surface area (Å²) in [4.78, 5) is 28.1. The lowest BCUT2D eigenvalue weighted by atomic mass is 10.3. The van der Waals surface area contributed by atoms with Gasteiger partial charge in [-0.2, -0.15) is 0 Å². The molecular formula is C15H22N2O3S. The molecule has 0 aromatic carbocycles. The van der Waals surface area contributed by atoms with Crippen molar-refractivity contribution in [3.05, 3.63) is 35.0 Å². The highest BCUT2D eigenvalue weighted by Gasteiger charge is 2.16. The van der Waals surface area contributed by atoms with E-state index in [1.54, 1.807) is 22.3 Å². The summed E-state index contributed by atoms with van der Waals surface area (Å²) >= 11 is 1.63. The summed E-state index contributed by atoms with van der Waals surface area (Å²) in [6, 6.07) is 3.98. The molecule has 1 aromatic rings. The van der Waals surface area contributed by atoms with E-state index in [-0.39, 0.29) is 24.8 Å². The normalized spacial score (nSPS) is 10.4. The molecule has 0 N–H and O–H groups in total. The number of carbonyl (C=O) groups is 2. The van der Waals surface area contributed by atoms with Crippen LogP contribution < -0.4 is 0 Å². The van der Waals surface area contributed by atoms with Gasteiger partial charge in [0, 0.05) is 18.0 Å². The van der Waals surface area contributed by atoms with Crippen LogP contribution in [0.4, 0.5) is 0 Å². The van der Waals surface area contributed by atoms with E-state index < -0.39 is 0 Å². The van der Waals surface area contributed by atoms with E-state index in [1.807, 2.05) is 29.5 Å². The van der Waals surface area contributed by atoms with Gasteiger partial charge in [-0.1, -0.05) is 12.1 Å². The smallest absolute Gasteiger partial charge is 0.306 e. The molecule has 0 radical (unpaired) electrons. The predicted molar refractivity (Wildman–Crippen MR) is 84.1 cm³/mol. The zero-order chi connectivity index (χ0) is 15.7. The second-order valence-electron chi connectivity index (χ2n) is 4.71. The van der Waals surface area contributed by atoms with Crippen molar-refractivity contribution < 1.29 is 14.3 Å². The first-order valence-corrected chi connectivity index (χ1v) is 7.61. The van der Waals surface area contributed by atoms with E-state index in [9.17, 15) is 9.59 Å². The third-order valence-electron chi connectivity index (χ3n) is 2.96. The number of hydrogen-bond donors (Lipinski definition) is 0. The van der Waals surface area contributed by atoms with Crippen molar-refractivity contribution in [2.75, 3.05) is 33.8 Å². The van der Waals surface area contributed by atoms with Crippen molar-refractivity contribution in [1.29, 1.82) is 0 Å². The van der Waals surface area contributed by atoms with Crippen LogP contribution in [0.15, 0.2) is 30.2 Å². The average molecular weight is 310 g/mol. The molecular weight excluding hydrogens is 288 g/mol. The Kier molecular flexibility index (Phi) is 7.71. The topological polar surface area (TPSA) is 49.9 Å². The Morgan fingerprint density at radius 2 is 2.24 bits per heavy atom. The number of carbonyl (C=O) groups excluding carboxylic acids is 2. The fourth-order valence-corrected chi connectivity index (χ4v) is 2.51. The Hall–Kier alpha value is -1.66. The molecule has 0 spiro atoms. The summed E-state index contributed by atoms with van der Waals surface area (Å²) in [5, 5.41) is 1.99. The first-order chi connectivity index (χ1) is 10.1. The molecule has 1 aromatic heterocycles. The molecule has 0 atom stereocenters. The molecule has 0 aliphatic carbocycles. The van der Waals surface area contributed by atoms with Crippen LogP contribution in [-0.2, 0) is 20.9 Å². The van der Waals surface area contributed by atoms with Gasteiger partial charge in [-0.15, -0.1) is 17.9 Å². The highest BCUT2D eigenvalue weighted by atomic mass is 32.1. The minimum Gasteiger partial charge on any atom is -0.469 e. The van der Waals surface area contributed by atoms with Crippen LogP contribution in [0.25, 0.3) is 0 Å². The molecule has 0 aliphatic rings. The SMILES string of the molecule is C=CCN(Cc1cccs1)C(=O)CN(C)CCC(=O)OC. The number of thiophene rings is 1. The Morgan fingerprint density at radius 1 is 1.48 bits per heavy atom. The third kappa shape index (κ3) is 6.55. The molecule has 5 nitrogen and oxygen atoms in total. The summed E-state index contributed by atoms with van der Waals surface area (Å²) in [7, 11) is 3.18. The molecule has 1 amide bonds. The van der Waals surface area contributed by atoms with Crippen molar-refractivity contribution in [2.24, 2.45) is 0 Å². The first-order valence-electron chi connectivity index (χ1n) is 6.73. The largest absolute Gasteiger partial charge is 0.469 e. The summed E-state index contributed by atoms with van der Waals surface area (Å²) in [6.45, 7) is 5.58. The Balaban J connectivity index is 2.48. The van der Waals surface area contributed by atoms with Crippen molar-refractivity contribution >= 4 is 23.2 Å². The van der Waals surface area contributed by atoms with Gasteiger partial charge < -0.3 is 9.64 Å². The van der Waals surface area contributed by atoms with Gasteiger partial charge in [0.1, 0.15) is 0 Å². The zero-order valence-corrected chi connectivity index (χ0v) is 13.4. The van der Waals surface area contributed by atoms with Crippen LogP contribution >= 0.6 is 11.3 Å². The number of rotatable bonds is 9. The standard InChI is InChI=1S/C15H22N2O3S/c1-4-8-17(11-13-6-5-10-21-13)14(18)12-16(2)9-7-15(19)20-3/h4-6,10H,1,7-9,11-12H2,2-3H3. The highest BCUT2D eigenvalue weighted by molar-refractivity contribution is 7.09. The molecule has 1 heterocycles. The van der Waals surface area contributed by atoms with E-state index >= 15 is 0 Å². The maximum atomic E-state index is 12.3. The van der Waals surface area contributed by atoms with Crippen molar-refractivity contribution in [3.8, 4) is 0 Å². The Bertz CT molecular complexity index is 459. The summed E-state index contributed by atoms with van der Waals surface area (Å²) in [5.41, 5.74) is 0. The lowest BCUT2D eigenvalue weighted by Gasteiger charge is -2.24. The van der Waals surface area contributed by atoms with Gasteiger partial charge >= 0.3 is 5.97 Å². The maximum Gasteiger partial charge on any atom is 0.306 e. The second-order valence-corrected chi connectivity index (χ2v) is 5.74. The predicted octanol–water partition coefficient (Wildman–Crippen LogP) is 1.76. The van der Waals surface area contributed by atoms with Crippen LogP contribution in [0.5, 0.6) is 0 Å². The van der Waals surface area contributed by atoms with Gasteiger partial charge in [-0.25, -0.2) is 0 Å². The monoisotopic (exact) mass is 310 g/mol. The maximum absolute atomic E-state index is 12.3. The number of nitrogens with zero attached hydrogens (tertiary/aromatic N) is 2. The number of hydrogen-bond acceptors (Lipinski definition) is 5. The minimum absolute atomic E-state index is 0.0238. The Labute approximate surface area is 129 Å². The van der Waals surface area contributed by atoms with Gasteiger partial charge in [-0.05, 0) is 18.5 Å². The van der Waals surface area contributed by atoms with E-state index in [1.165, 1.54) is 7.11 Å². The number of esters is 1. The van der Waals surface area contributed by atoms with Crippen LogP contribution in [0.3, 0.4) is 0 Å². The lowest BCUT2D eigenvalue weighted by molar-refractivity contribution is -0.141. The van der Waals surface area contributed by atoms with Crippen molar-refractivity contribution in [2.45, 2.75) is 13.0 Å². The second kappa shape index (κ2) is 9.31. The molecule has 1 rings (SSSR count). The van der Waals surface area contributed by atoms with Gasteiger partial charge in [0.2, 0.25) is 5.91 Å². The fraction of sp³-hybridized carbons (Fsp3) is 0.467. The summed E-state index contributed by atoms with van der Waals surface area (Å²) in [5.74, 6) is -0.244. The van der Waals surface area contributed by atoms with E-state index in [4.69, 9.17) is 0 Å². The van der Waals surface area contributed by atoms with E-state index in [0.717, 1.165) is 4.88 Å². The van der Waals surface area contributed by atoms with Crippen molar-refractivity contribution in [3.63, 3.8) is 0 Å². The van der Waals surface area contributed by atoms with Gasteiger partial charge in [0.05, 0.1) is 26.6 Å². The molecule has 0 saturated carbocycles. The highest BCUT2D eigenvalue weighted by Crippen LogP contribution is 2.12. The number of ether oxygens (including phenoxy) is 1. The van der Waals surface area contributed by atoms with Crippen LogP contribution in [0.2, 0.25) is 0 Å². The summed E-state index contributed by atoms with van der Waals surface area (Å²) < 4.78 is 4.59. The quantitative estimate of drug-likeness (QED) is 0.515. The lowest BCUT2D eigenvalue weighted by Crippen LogP contribution is -2.39. The molecule has 21 heavy (non-hydrogen) atoms. The van der Waals surface area contributed by atoms with Gasteiger partial charge in [-0.3, -0.25) is 14.5 Å². The van der Waals surface area contributed by atoms with Crippen LogP contribution in [0.1, 0.15) is 11.3 Å².